The fraction of sp³-hybridized carbons (Fsp3) is 0.667. The highest BCUT2D eigenvalue weighted by Gasteiger charge is 2.34. The standard InChI is InChI=1S/C24H36N4O3/c1-2-31-21-9-7-19(8-10-21)18-28-12-11-25-24(30)22(28)17-23(29)27-15-13-26(14-16-27)20-5-3-4-6-20/h7-10,20,22H,2-6,11-18H2,1H3,(H,25,30). The first-order chi connectivity index (χ1) is 15.1. The van der Waals surface area contributed by atoms with Crippen LogP contribution in [0.2, 0.25) is 0 Å². The molecule has 4 rings (SSSR count). The summed E-state index contributed by atoms with van der Waals surface area (Å²) in [6.07, 6.45) is 5.54. The molecule has 3 aliphatic rings. The maximum Gasteiger partial charge on any atom is 0.237 e. The van der Waals surface area contributed by atoms with Crippen LogP contribution in [-0.4, -0.2) is 84.5 Å². The third-order valence-electron chi connectivity index (χ3n) is 6.94. The lowest BCUT2D eigenvalue weighted by atomic mass is 10.1. The Kier molecular flexibility index (Phi) is 7.45. The Morgan fingerprint density at radius 2 is 1.77 bits per heavy atom. The van der Waals surface area contributed by atoms with Gasteiger partial charge in [0.15, 0.2) is 0 Å². The van der Waals surface area contributed by atoms with Gasteiger partial charge in [-0.25, -0.2) is 0 Å². The number of carbonyl (C=O) groups is 2. The minimum Gasteiger partial charge on any atom is -0.494 e. The molecule has 1 aromatic rings. The van der Waals surface area contributed by atoms with E-state index >= 15 is 0 Å². The van der Waals surface area contributed by atoms with Crippen LogP contribution in [0, 0.1) is 0 Å². The van der Waals surface area contributed by atoms with Gasteiger partial charge < -0.3 is 15.0 Å². The zero-order valence-corrected chi connectivity index (χ0v) is 18.7. The second-order valence-corrected chi connectivity index (χ2v) is 8.91. The van der Waals surface area contributed by atoms with E-state index in [1.807, 2.05) is 36.1 Å². The summed E-state index contributed by atoms with van der Waals surface area (Å²) in [4.78, 5) is 32.3. The van der Waals surface area contributed by atoms with Crippen molar-refractivity contribution in [3.8, 4) is 5.75 Å². The van der Waals surface area contributed by atoms with Crippen molar-refractivity contribution >= 4 is 11.8 Å². The summed E-state index contributed by atoms with van der Waals surface area (Å²) in [5, 5.41) is 2.95. The number of nitrogens with one attached hydrogen (secondary N) is 1. The van der Waals surface area contributed by atoms with Crippen LogP contribution < -0.4 is 10.1 Å². The maximum absolute atomic E-state index is 13.0. The molecule has 1 atom stereocenters. The van der Waals surface area contributed by atoms with Gasteiger partial charge in [-0.1, -0.05) is 25.0 Å². The van der Waals surface area contributed by atoms with Gasteiger partial charge in [0.1, 0.15) is 5.75 Å². The van der Waals surface area contributed by atoms with E-state index in [1.54, 1.807) is 0 Å². The molecule has 7 heteroatoms. The van der Waals surface area contributed by atoms with Crippen LogP contribution in [-0.2, 0) is 16.1 Å². The highest BCUT2D eigenvalue weighted by Crippen LogP contribution is 2.25. The molecule has 0 spiro atoms. The average Bonchev–Trinajstić information content (AvgIpc) is 3.33. The molecule has 1 N–H and O–H groups in total. The number of rotatable bonds is 7. The van der Waals surface area contributed by atoms with Crippen molar-refractivity contribution in [2.75, 3.05) is 45.9 Å². The predicted molar refractivity (Wildman–Crippen MR) is 120 cm³/mol. The lowest BCUT2D eigenvalue weighted by molar-refractivity contribution is -0.140. The number of amides is 2. The Balaban J connectivity index is 1.32. The Bertz CT molecular complexity index is 740. The van der Waals surface area contributed by atoms with Crippen LogP contribution in [0.5, 0.6) is 5.75 Å². The second kappa shape index (κ2) is 10.5. The SMILES string of the molecule is CCOc1ccc(CN2CCNC(=O)C2CC(=O)N2CCN(C3CCCC3)CC2)cc1. The van der Waals surface area contributed by atoms with Crippen LogP contribution in [0.25, 0.3) is 0 Å². The van der Waals surface area contributed by atoms with Crippen LogP contribution in [0.1, 0.15) is 44.6 Å². The van der Waals surface area contributed by atoms with Gasteiger partial charge in [-0.2, -0.15) is 0 Å². The van der Waals surface area contributed by atoms with Gasteiger partial charge in [-0.15, -0.1) is 0 Å². The zero-order chi connectivity index (χ0) is 21.6. The fourth-order valence-corrected chi connectivity index (χ4v) is 5.17. The molecule has 1 aliphatic carbocycles. The van der Waals surface area contributed by atoms with Gasteiger partial charge in [-0.3, -0.25) is 19.4 Å². The summed E-state index contributed by atoms with van der Waals surface area (Å²) >= 11 is 0. The number of ether oxygens (including phenoxy) is 1. The second-order valence-electron chi connectivity index (χ2n) is 8.91. The van der Waals surface area contributed by atoms with Crippen molar-refractivity contribution in [3.63, 3.8) is 0 Å². The molecular formula is C24H36N4O3. The minimum absolute atomic E-state index is 0.0323. The molecule has 2 heterocycles. The lowest BCUT2D eigenvalue weighted by Crippen LogP contribution is -2.57. The summed E-state index contributed by atoms with van der Waals surface area (Å²) in [6, 6.07) is 8.32. The highest BCUT2D eigenvalue weighted by atomic mass is 16.5. The molecule has 0 bridgehead atoms. The molecule has 7 nitrogen and oxygen atoms in total. The van der Waals surface area contributed by atoms with Gasteiger partial charge in [-0.05, 0) is 37.5 Å². The molecule has 31 heavy (non-hydrogen) atoms. The molecule has 0 radical (unpaired) electrons. The molecule has 2 amide bonds. The van der Waals surface area contributed by atoms with Gasteiger partial charge in [0, 0.05) is 51.9 Å². The average molecular weight is 429 g/mol. The Morgan fingerprint density at radius 1 is 1.06 bits per heavy atom. The van der Waals surface area contributed by atoms with Crippen molar-refractivity contribution in [1.29, 1.82) is 0 Å². The normalized spacial score (nSPS) is 23.7. The maximum atomic E-state index is 13.0. The van der Waals surface area contributed by atoms with Crippen LogP contribution in [0.4, 0.5) is 0 Å². The Hall–Kier alpha value is -2.12. The number of nitrogens with zero attached hydrogens (tertiary/aromatic N) is 3. The van der Waals surface area contributed by atoms with Crippen LogP contribution >= 0.6 is 0 Å². The predicted octanol–water partition coefficient (Wildman–Crippen LogP) is 1.86. The molecule has 1 saturated carbocycles. The van der Waals surface area contributed by atoms with E-state index in [0.29, 0.717) is 25.7 Å². The first-order valence-electron chi connectivity index (χ1n) is 11.9. The van der Waals surface area contributed by atoms with Gasteiger partial charge in [0.05, 0.1) is 19.1 Å². The van der Waals surface area contributed by atoms with Crippen molar-refractivity contribution in [3.05, 3.63) is 29.8 Å². The summed E-state index contributed by atoms with van der Waals surface area (Å²) in [5.41, 5.74) is 1.13. The zero-order valence-electron chi connectivity index (χ0n) is 18.7. The molecule has 2 aliphatic heterocycles. The molecular weight excluding hydrogens is 392 g/mol. The largest absolute Gasteiger partial charge is 0.494 e. The van der Waals surface area contributed by atoms with E-state index in [2.05, 4.69) is 15.1 Å². The van der Waals surface area contributed by atoms with E-state index in [4.69, 9.17) is 4.74 Å². The number of carbonyl (C=O) groups excluding carboxylic acids is 2. The third-order valence-corrected chi connectivity index (χ3v) is 6.94. The number of hydrogen-bond acceptors (Lipinski definition) is 5. The third kappa shape index (κ3) is 5.57. The van der Waals surface area contributed by atoms with Gasteiger partial charge in [0.25, 0.3) is 0 Å². The fourth-order valence-electron chi connectivity index (χ4n) is 5.17. The Labute approximate surface area is 185 Å². The highest BCUT2D eigenvalue weighted by molar-refractivity contribution is 5.88. The van der Waals surface area contributed by atoms with Crippen molar-refractivity contribution in [2.45, 2.75) is 57.7 Å². The van der Waals surface area contributed by atoms with E-state index in [9.17, 15) is 9.59 Å². The first kappa shape index (κ1) is 22.1. The molecule has 170 valence electrons. The summed E-state index contributed by atoms with van der Waals surface area (Å²) in [6.45, 7) is 8.14. The van der Waals surface area contributed by atoms with Crippen LogP contribution in [0.15, 0.2) is 24.3 Å². The Morgan fingerprint density at radius 3 is 2.45 bits per heavy atom. The summed E-state index contributed by atoms with van der Waals surface area (Å²) in [7, 11) is 0. The van der Waals surface area contributed by atoms with E-state index in [0.717, 1.165) is 44.0 Å². The molecule has 2 saturated heterocycles. The monoisotopic (exact) mass is 428 g/mol. The summed E-state index contributed by atoms with van der Waals surface area (Å²) < 4.78 is 5.52. The molecule has 0 aromatic heterocycles. The van der Waals surface area contributed by atoms with E-state index < -0.39 is 6.04 Å². The smallest absolute Gasteiger partial charge is 0.237 e. The topological polar surface area (TPSA) is 65.1 Å². The molecule has 3 fully saturated rings. The number of benzene rings is 1. The molecule has 1 unspecified atom stereocenters. The molecule has 1 aromatic carbocycles. The number of hydrogen-bond donors (Lipinski definition) is 1. The van der Waals surface area contributed by atoms with Gasteiger partial charge in [0.2, 0.25) is 11.8 Å². The van der Waals surface area contributed by atoms with Crippen molar-refractivity contribution in [2.24, 2.45) is 0 Å². The lowest BCUT2D eigenvalue weighted by Gasteiger charge is -2.40. The van der Waals surface area contributed by atoms with Crippen molar-refractivity contribution < 1.29 is 14.3 Å². The first-order valence-corrected chi connectivity index (χ1v) is 11.9. The van der Waals surface area contributed by atoms with E-state index in [-0.39, 0.29) is 18.2 Å². The number of piperazine rings is 2. The van der Waals surface area contributed by atoms with Gasteiger partial charge >= 0.3 is 0 Å². The quantitative estimate of drug-likeness (QED) is 0.718. The van der Waals surface area contributed by atoms with E-state index in [1.165, 1.54) is 25.7 Å². The van der Waals surface area contributed by atoms with Crippen LogP contribution in [0.3, 0.4) is 0 Å². The van der Waals surface area contributed by atoms with Crippen molar-refractivity contribution in [1.82, 2.24) is 20.0 Å². The minimum atomic E-state index is -0.402. The summed E-state index contributed by atoms with van der Waals surface area (Å²) in [5.74, 6) is 0.922.